The van der Waals surface area contributed by atoms with E-state index in [0.29, 0.717) is 29.1 Å². The number of nitrogens with zero attached hydrogens (tertiary/aromatic N) is 1. The molecule has 0 fully saturated rings. The van der Waals surface area contributed by atoms with Crippen molar-refractivity contribution in [1.29, 1.82) is 0 Å². The highest BCUT2D eigenvalue weighted by molar-refractivity contribution is 6.10. The first-order valence-electron chi connectivity index (χ1n) is 8.82. The lowest BCUT2D eigenvalue weighted by atomic mass is 9.88. The summed E-state index contributed by atoms with van der Waals surface area (Å²) >= 11 is 0. The number of rotatable bonds is 7. The summed E-state index contributed by atoms with van der Waals surface area (Å²) in [6.07, 6.45) is 1.48. The predicted octanol–water partition coefficient (Wildman–Crippen LogP) is 3.30. The number of para-hydroxylation sites is 1. The maximum atomic E-state index is 13.0. The number of unbranched alkanes of at least 4 members (excludes halogenated alkanes) is 1. The van der Waals surface area contributed by atoms with E-state index in [4.69, 9.17) is 4.74 Å². The van der Waals surface area contributed by atoms with Gasteiger partial charge < -0.3 is 14.7 Å². The molecule has 1 atom stereocenters. The highest BCUT2D eigenvalue weighted by Gasteiger charge is 2.50. The number of methoxy groups -OCH3 is 1. The van der Waals surface area contributed by atoms with Crippen molar-refractivity contribution >= 4 is 17.4 Å². The number of ether oxygens (including phenoxy) is 1. The van der Waals surface area contributed by atoms with Gasteiger partial charge in [-0.2, -0.15) is 0 Å². The van der Waals surface area contributed by atoms with Gasteiger partial charge in [0.15, 0.2) is 11.4 Å². The van der Waals surface area contributed by atoms with Crippen LogP contribution >= 0.6 is 0 Å². The fraction of sp³-hybridized carbons (Fsp3) is 0.333. The monoisotopic (exact) mass is 353 g/mol. The summed E-state index contributed by atoms with van der Waals surface area (Å²) in [5.41, 5.74) is -0.232. The lowest BCUT2D eigenvalue weighted by Crippen LogP contribution is -2.42. The molecule has 1 aliphatic heterocycles. The molecule has 26 heavy (non-hydrogen) atoms. The van der Waals surface area contributed by atoms with Crippen molar-refractivity contribution in [2.24, 2.45) is 0 Å². The summed E-state index contributed by atoms with van der Waals surface area (Å²) in [7, 11) is 1.53. The van der Waals surface area contributed by atoms with Gasteiger partial charge in [-0.15, -0.1) is 0 Å². The van der Waals surface area contributed by atoms with E-state index >= 15 is 0 Å². The molecule has 0 bridgehead atoms. The highest BCUT2D eigenvalue weighted by atomic mass is 16.5. The second kappa shape index (κ2) is 7.30. The number of amides is 1. The first-order chi connectivity index (χ1) is 12.5. The van der Waals surface area contributed by atoms with E-state index in [1.807, 2.05) is 19.1 Å². The van der Waals surface area contributed by atoms with Gasteiger partial charge in [0.25, 0.3) is 5.91 Å². The number of hydrogen-bond donors (Lipinski definition) is 1. The van der Waals surface area contributed by atoms with Gasteiger partial charge >= 0.3 is 0 Å². The van der Waals surface area contributed by atoms with Crippen LogP contribution in [0, 0.1) is 0 Å². The third-order valence-corrected chi connectivity index (χ3v) is 4.78. The van der Waals surface area contributed by atoms with E-state index in [1.165, 1.54) is 7.11 Å². The molecule has 0 aliphatic carbocycles. The molecule has 3 rings (SSSR count). The van der Waals surface area contributed by atoms with Crippen molar-refractivity contribution in [2.75, 3.05) is 18.6 Å². The smallest absolute Gasteiger partial charge is 0.264 e. The molecule has 0 spiro atoms. The van der Waals surface area contributed by atoms with Crippen LogP contribution in [0.15, 0.2) is 48.5 Å². The Morgan fingerprint density at radius 3 is 2.69 bits per heavy atom. The molecular weight excluding hydrogens is 330 g/mol. The van der Waals surface area contributed by atoms with Crippen LogP contribution in [0.1, 0.15) is 42.1 Å². The maximum absolute atomic E-state index is 13.0. The molecule has 5 nitrogen and oxygen atoms in total. The van der Waals surface area contributed by atoms with E-state index in [2.05, 4.69) is 0 Å². The van der Waals surface area contributed by atoms with Crippen LogP contribution < -0.4 is 9.64 Å². The number of ketones is 1. The summed E-state index contributed by atoms with van der Waals surface area (Å²) in [4.78, 5) is 27.3. The zero-order chi connectivity index (χ0) is 18.7. The van der Waals surface area contributed by atoms with Crippen LogP contribution in [-0.4, -0.2) is 30.5 Å². The van der Waals surface area contributed by atoms with Gasteiger partial charge in [0, 0.05) is 17.7 Å². The normalized spacial score (nSPS) is 18.7. The Morgan fingerprint density at radius 1 is 1.19 bits per heavy atom. The van der Waals surface area contributed by atoms with Crippen molar-refractivity contribution < 1.29 is 19.4 Å². The first kappa shape index (κ1) is 18.1. The van der Waals surface area contributed by atoms with E-state index < -0.39 is 11.5 Å². The Balaban J connectivity index is 1.92. The zero-order valence-corrected chi connectivity index (χ0v) is 15.1. The van der Waals surface area contributed by atoms with E-state index in [1.54, 1.807) is 41.3 Å². The number of fused-ring (bicyclic) bond motifs is 1. The zero-order valence-electron chi connectivity index (χ0n) is 15.1. The van der Waals surface area contributed by atoms with Crippen LogP contribution in [0.3, 0.4) is 0 Å². The van der Waals surface area contributed by atoms with Gasteiger partial charge in [-0.25, -0.2) is 0 Å². The molecule has 5 heteroatoms. The molecule has 0 aromatic heterocycles. The minimum Gasteiger partial charge on any atom is -0.497 e. The molecule has 136 valence electrons. The van der Waals surface area contributed by atoms with E-state index in [9.17, 15) is 14.7 Å². The summed E-state index contributed by atoms with van der Waals surface area (Å²) < 4.78 is 5.15. The fourth-order valence-corrected chi connectivity index (χ4v) is 3.35. The second-order valence-corrected chi connectivity index (χ2v) is 6.52. The molecule has 2 aromatic rings. The number of hydrogen-bond acceptors (Lipinski definition) is 4. The average molecular weight is 353 g/mol. The molecule has 0 saturated carbocycles. The molecule has 1 heterocycles. The van der Waals surface area contributed by atoms with Gasteiger partial charge in [-0.3, -0.25) is 9.59 Å². The van der Waals surface area contributed by atoms with Crippen LogP contribution in [0.5, 0.6) is 5.75 Å². The Labute approximate surface area is 153 Å². The predicted molar refractivity (Wildman–Crippen MR) is 99.5 cm³/mol. The summed E-state index contributed by atoms with van der Waals surface area (Å²) in [6.45, 7) is 2.58. The standard InChI is InChI=1S/C21H23NO4/c1-3-4-12-22-18-11-6-5-10-17(18)21(25,20(22)24)14-19(23)15-8-7-9-16(13-15)26-2/h5-11,13,25H,3-4,12,14H2,1-2H3/t21-/m1/s1. The van der Waals surface area contributed by atoms with E-state index in [-0.39, 0.29) is 12.2 Å². The summed E-state index contributed by atoms with van der Waals surface area (Å²) in [5.74, 6) is -0.166. The Morgan fingerprint density at radius 2 is 1.96 bits per heavy atom. The van der Waals surface area contributed by atoms with Crippen LogP contribution in [0.25, 0.3) is 0 Å². The maximum Gasteiger partial charge on any atom is 0.264 e. The summed E-state index contributed by atoms with van der Waals surface area (Å²) in [6, 6.07) is 13.9. The third-order valence-electron chi connectivity index (χ3n) is 4.78. The third kappa shape index (κ3) is 3.10. The Kier molecular flexibility index (Phi) is 5.09. The number of carbonyl (C=O) groups excluding carboxylic acids is 2. The molecule has 2 aromatic carbocycles. The van der Waals surface area contributed by atoms with Gasteiger partial charge in [0.05, 0.1) is 19.2 Å². The quantitative estimate of drug-likeness (QED) is 0.776. The molecule has 0 unspecified atom stereocenters. The SMILES string of the molecule is CCCCN1C(=O)[C@@](O)(CC(=O)c2cccc(OC)c2)c2ccccc21. The average Bonchev–Trinajstić information content (AvgIpc) is 2.88. The second-order valence-electron chi connectivity index (χ2n) is 6.52. The van der Waals surface area contributed by atoms with Crippen molar-refractivity contribution in [1.82, 2.24) is 0 Å². The number of Topliss-reactive ketones (excluding diaryl/α,β-unsaturated/α-hetero) is 1. The molecule has 0 saturated heterocycles. The van der Waals surface area contributed by atoms with Crippen molar-refractivity contribution in [2.45, 2.75) is 31.8 Å². The number of aliphatic hydroxyl groups is 1. The number of benzene rings is 2. The molecule has 0 radical (unpaired) electrons. The highest BCUT2D eigenvalue weighted by Crippen LogP contribution is 2.43. The van der Waals surface area contributed by atoms with Crippen molar-refractivity contribution in [3.8, 4) is 5.75 Å². The topological polar surface area (TPSA) is 66.8 Å². The van der Waals surface area contributed by atoms with E-state index in [0.717, 1.165) is 12.8 Å². The fourth-order valence-electron chi connectivity index (χ4n) is 3.35. The van der Waals surface area contributed by atoms with Crippen molar-refractivity contribution in [3.05, 3.63) is 59.7 Å². The van der Waals surface area contributed by atoms with Crippen LogP contribution in [-0.2, 0) is 10.4 Å². The summed E-state index contributed by atoms with van der Waals surface area (Å²) in [5, 5.41) is 11.2. The van der Waals surface area contributed by atoms with Gasteiger partial charge in [-0.1, -0.05) is 43.7 Å². The number of carbonyl (C=O) groups is 2. The minimum atomic E-state index is -1.83. The first-order valence-corrected chi connectivity index (χ1v) is 8.82. The molecular formula is C21H23NO4. The van der Waals surface area contributed by atoms with Crippen LogP contribution in [0.2, 0.25) is 0 Å². The van der Waals surface area contributed by atoms with Crippen LogP contribution in [0.4, 0.5) is 5.69 Å². The lowest BCUT2D eigenvalue weighted by molar-refractivity contribution is -0.135. The minimum absolute atomic E-state index is 0.293. The molecule has 1 aliphatic rings. The Hall–Kier alpha value is -2.66. The molecule has 1 amide bonds. The Bertz CT molecular complexity index is 832. The molecule has 1 N–H and O–H groups in total. The van der Waals surface area contributed by atoms with Gasteiger partial charge in [0.2, 0.25) is 0 Å². The number of anilines is 1. The van der Waals surface area contributed by atoms with Crippen molar-refractivity contribution in [3.63, 3.8) is 0 Å². The van der Waals surface area contributed by atoms with Gasteiger partial charge in [0.1, 0.15) is 5.75 Å². The van der Waals surface area contributed by atoms with Gasteiger partial charge in [-0.05, 0) is 24.6 Å². The largest absolute Gasteiger partial charge is 0.497 e. The lowest BCUT2D eigenvalue weighted by Gasteiger charge is -2.22.